The molecule has 0 unspecified atom stereocenters. The monoisotopic (exact) mass is 331 g/mol. The van der Waals surface area contributed by atoms with E-state index < -0.39 is 0 Å². The van der Waals surface area contributed by atoms with E-state index in [2.05, 4.69) is 60.0 Å². The van der Waals surface area contributed by atoms with E-state index in [1.165, 1.54) is 11.1 Å². The summed E-state index contributed by atoms with van der Waals surface area (Å²) in [6.45, 7) is 6.68. The summed E-state index contributed by atoms with van der Waals surface area (Å²) in [6.07, 6.45) is 1.62. The molecular weight excluding hydrogens is 314 g/mol. The predicted molar refractivity (Wildman–Crippen MR) is 93.6 cm³/mol. The normalized spacial score (nSPS) is 12.0. The first-order valence-corrected chi connectivity index (χ1v) is 8.52. The highest BCUT2D eigenvalue weighted by Gasteiger charge is 2.13. The number of aromatic nitrogens is 3. The molecule has 114 valence electrons. The number of nitrogens with one attached hydrogen (secondary N) is 1. The van der Waals surface area contributed by atoms with Crippen LogP contribution in [0.25, 0.3) is 11.2 Å². The number of halogens is 1. The molecule has 1 N–H and O–H groups in total. The molecule has 3 rings (SSSR count). The van der Waals surface area contributed by atoms with Crippen LogP contribution in [0.4, 0.5) is 0 Å². The molecule has 0 bridgehead atoms. The third-order valence-electron chi connectivity index (χ3n) is 3.48. The fraction of sp³-hybridized carbons (Fsp3) is 0.294. The molecular formula is C17H18ClN3S. The van der Waals surface area contributed by atoms with Crippen LogP contribution >= 0.6 is 23.4 Å². The molecule has 0 aliphatic carbocycles. The summed E-state index contributed by atoms with van der Waals surface area (Å²) in [6, 6.07) is 10.6. The Balaban J connectivity index is 1.71. The smallest absolute Gasteiger partial charge is 0.178 e. The number of aromatic amines is 1. The van der Waals surface area contributed by atoms with Crippen LogP contribution in [0.3, 0.4) is 0 Å². The van der Waals surface area contributed by atoms with Gasteiger partial charge in [0, 0.05) is 11.9 Å². The summed E-state index contributed by atoms with van der Waals surface area (Å²) >= 11 is 7.60. The Labute approximate surface area is 139 Å². The molecule has 22 heavy (non-hydrogen) atoms. The molecule has 0 aliphatic rings. The van der Waals surface area contributed by atoms with Crippen LogP contribution < -0.4 is 0 Å². The van der Waals surface area contributed by atoms with Crippen molar-refractivity contribution in [3.05, 3.63) is 52.7 Å². The number of hydrogen-bond acceptors (Lipinski definition) is 3. The second kappa shape index (κ2) is 5.94. The van der Waals surface area contributed by atoms with Gasteiger partial charge in [0.25, 0.3) is 0 Å². The predicted octanol–water partition coefficient (Wildman–Crippen LogP) is 5.20. The van der Waals surface area contributed by atoms with Gasteiger partial charge in [-0.15, -0.1) is 0 Å². The molecule has 5 heteroatoms. The number of thioether (sulfide) groups is 1. The molecule has 0 saturated carbocycles. The summed E-state index contributed by atoms with van der Waals surface area (Å²) in [4.78, 5) is 11.9. The van der Waals surface area contributed by atoms with Crippen LogP contribution in [0.1, 0.15) is 31.9 Å². The van der Waals surface area contributed by atoms with E-state index >= 15 is 0 Å². The van der Waals surface area contributed by atoms with Gasteiger partial charge in [0.2, 0.25) is 0 Å². The quantitative estimate of drug-likeness (QED) is 0.670. The van der Waals surface area contributed by atoms with Gasteiger partial charge in [0.1, 0.15) is 0 Å². The van der Waals surface area contributed by atoms with Crippen LogP contribution in [-0.4, -0.2) is 15.0 Å². The Kier molecular flexibility index (Phi) is 4.15. The molecule has 0 atom stereocenters. The molecule has 0 amide bonds. The first-order valence-electron chi connectivity index (χ1n) is 7.15. The van der Waals surface area contributed by atoms with E-state index in [1.807, 2.05) is 6.07 Å². The Morgan fingerprint density at radius 2 is 1.91 bits per heavy atom. The highest BCUT2D eigenvalue weighted by atomic mass is 35.5. The second-order valence-corrected chi connectivity index (χ2v) is 7.70. The molecule has 0 aliphatic heterocycles. The standard InChI is InChI=1S/C17H18ClN3S/c1-17(2,3)12-6-4-11(5-7-12)10-22-16-20-14-8-13(18)9-19-15(14)21-16/h4-9H,10H2,1-3H3,(H,19,20,21). The van der Waals surface area contributed by atoms with Gasteiger partial charge >= 0.3 is 0 Å². The third-order valence-corrected chi connectivity index (χ3v) is 4.63. The molecule has 0 saturated heterocycles. The number of H-pyrrole nitrogens is 1. The number of fused-ring (bicyclic) bond motifs is 1. The number of hydrogen-bond donors (Lipinski definition) is 1. The zero-order chi connectivity index (χ0) is 15.7. The average molecular weight is 332 g/mol. The van der Waals surface area contributed by atoms with Crippen LogP contribution in [0, 0.1) is 0 Å². The van der Waals surface area contributed by atoms with Crippen LogP contribution in [-0.2, 0) is 11.2 Å². The van der Waals surface area contributed by atoms with Gasteiger partial charge in [-0.1, -0.05) is 68.4 Å². The van der Waals surface area contributed by atoms with Crippen molar-refractivity contribution in [3.63, 3.8) is 0 Å². The maximum Gasteiger partial charge on any atom is 0.178 e. The SMILES string of the molecule is CC(C)(C)c1ccc(CSc2nc3ncc(Cl)cc3[nH]2)cc1. The Morgan fingerprint density at radius 3 is 2.59 bits per heavy atom. The lowest BCUT2D eigenvalue weighted by molar-refractivity contribution is 0.590. The molecule has 0 fully saturated rings. The lowest BCUT2D eigenvalue weighted by atomic mass is 9.87. The zero-order valence-electron chi connectivity index (χ0n) is 12.9. The Hall–Kier alpha value is -1.52. The number of rotatable bonds is 3. The highest BCUT2D eigenvalue weighted by molar-refractivity contribution is 7.98. The maximum absolute atomic E-state index is 5.94. The minimum atomic E-state index is 0.190. The van der Waals surface area contributed by atoms with Gasteiger partial charge in [0.15, 0.2) is 10.8 Å². The lowest BCUT2D eigenvalue weighted by Crippen LogP contribution is -2.10. The average Bonchev–Trinajstić information content (AvgIpc) is 2.86. The van der Waals surface area contributed by atoms with Crippen molar-refractivity contribution in [1.82, 2.24) is 15.0 Å². The topological polar surface area (TPSA) is 41.6 Å². The fourth-order valence-electron chi connectivity index (χ4n) is 2.17. The Bertz CT molecular complexity index is 788. The number of imidazole rings is 1. The molecule has 2 heterocycles. The maximum atomic E-state index is 5.94. The number of benzene rings is 1. The van der Waals surface area contributed by atoms with Crippen LogP contribution in [0.2, 0.25) is 5.02 Å². The molecule has 3 aromatic rings. The van der Waals surface area contributed by atoms with Crippen molar-refractivity contribution in [2.75, 3.05) is 0 Å². The van der Waals surface area contributed by atoms with Crippen molar-refractivity contribution in [3.8, 4) is 0 Å². The van der Waals surface area contributed by atoms with E-state index in [1.54, 1.807) is 18.0 Å². The van der Waals surface area contributed by atoms with Gasteiger partial charge in [-0.05, 0) is 22.6 Å². The van der Waals surface area contributed by atoms with Crippen LogP contribution in [0.15, 0.2) is 41.7 Å². The second-order valence-electron chi connectivity index (χ2n) is 6.30. The highest BCUT2D eigenvalue weighted by Crippen LogP contribution is 2.26. The lowest BCUT2D eigenvalue weighted by Gasteiger charge is -2.19. The van der Waals surface area contributed by atoms with E-state index in [4.69, 9.17) is 11.6 Å². The largest absolute Gasteiger partial charge is 0.331 e. The third kappa shape index (κ3) is 3.45. The Morgan fingerprint density at radius 1 is 1.18 bits per heavy atom. The fourth-order valence-corrected chi connectivity index (χ4v) is 3.16. The minimum absolute atomic E-state index is 0.190. The summed E-state index contributed by atoms with van der Waals surface area (Å²) in [7, 11) is 0. The summed E-state index contributed by atoms with van der Waals surface area (Å²) in [5.41, 5.74) is 4.40. The summed E-state index contributed by atoms with van der Waals surface area (Å²) in [5.74, 6) is 0.873. The van der Waals surface area contributed by atoms with Gasteiger partial charge < -0.3 is 4.98 Å². The zero-order valence-corrected chi connectivity index (χ0v) is 14.4. The number of pyridine rings is 1. The van der Waals surface area contributed by atoms with Crippen molar-refractivity contribution < 1.29 is 0 Å². The van der Waals surface area contributed by atoms with Crippen molar-refractivity contribution >= 4 is 34.5 Å². The van der Waals surface area contributed by atoms with Crippen LogP contribution in [0.5, 0.6) is 0 Å². The van der Waals surface area contributed by atoms with Gasteiger partial charge in [0.05, 0.1) is 10.5 Å². The van der Waals surface area contributed by atoms with E-state index in [9.17, 15) is 0 Å². The summed E-state index contributed by atoms with van der Waals surface area (Å²) in [5, 5.41) is 1.48. The van der Waals surface area contributed by atoms with E-state index in [0.717, 1.165) is 16.4 Å². The first kappa shape index (κ1) is 15.4. The first-order chi connectivity index (χ1) is 10.4. The van der Waals surface area contributed by atoms with Gasteiger partial charge in [-0.2, -0.15) is 0 Å². The van der Waals surface area contributed by atoms with E-state index in [0.29, 0.717) is 10.7 Å². The van der Waals surface area contributed by atoms with Crippen molar-refractivity contribution in [1.29, 1.82) is 0 Å². The summed E-state index contributed by atoms with van der Waals surface area (Å²) < 4.78 is 0. The van der Waals surface area contributed by atoms with Gasteiger partial charge in [-0.25, -0.2) is 9.97 Å². The minimum Gasteiger partial charge on any atom is -0.331 e. The molecule has 1 aromatic carbocycles. The van der Waals surface area contributed by atoms with E-state index in [-0.39, 0.29) is 5.41 Å². The molecule has 0 spiro atoms. The number of nitrogens with zero attached hydrogens (tertiary/aromatic N) is 2. The van der Waals surface area contributed by atoms with Gasteiger partial charge in [-0.3, -0.25) is 0 Å². The molecule has 0 radical (unpaired) electrons. The molecule has 2 aromatic heterocycles. The molecule has 3 nitrogen and oxygen atoms in total. The van der Waals surface area contributed by atoms with Crippen molar-refractivity contribution in [2.45, 2.75) is 37.1 Å². The van der Waals surface area contributed by atoms with Crippen molar-refractivity contribution in [2.24, 2.45) is 0 Å².